The summed E-state index contributed by atoms with van der Waals surface area (Å²) in [6, 6.07) is 20.6. The van der Waals surface area contributed by atoms with Crippen LogP contribution in [0.15, 0.2) is 72.8 Å². The summed E-state index contributed by atoms with van der Waals surface area (Å²) in [5.74, 6) is 0.350. The van der Waals surface area contributed by atoms with Gasteiger partial charge in [0.15, 0.2) is 0 Å². The number of pyridine rings is 1. The number of nitro groups is 1. The maximum Gasteiger partial charge on any atom is 0.275 e. The molecule has 190 valence electrons. The molecule has 38 heavy (non-hydrogen) atoms. The largest absolute Gasteiger partial charge is 0.457 e. The molecule has 5 aromatic rings. The lowest BCUT2D eigenvalue weighted by Crippen LogP contribution is -2.13. The number of nitrogens with zero attached hydrogens (tertiary/aromatic N) is 4. The van der Waals surface area contributed by atoms with Crippen LogP contribution in [0.25, 0.3) is 22.2 Å². The van der Waals surface area contributed by atoms with Gasteiger partial charge in [0.2, 0.25) is 0 Å². The molecular formula is C29H25N5O4. The second-order valence-corrected chi connectivity index (χ2v) is 9.09. The zero-order chi connectivity index (χ0) is 27.0. The summed E-state index contributed by atoms with van der Waals surface area (Å²) in [6.07, 6.45) is 0. The zero-order valence-electron chi connectivity index (χ0n) is 21.4. The van der Waals surface area contributed by atoms with E-state index in [1.807, 2.05) is 70.3 Å². The Morgan fingerprint density at radius 1 is 0.974 bits per heavy atom. The number of amides is 1. The van der Waals surface area contributed by atoms with E-state index in [2.05, 4.69) is 10.4 Å². The van der Waals surface area contributed by atoms with Crippen LogP contribution in [0.2, 0.25) is 0 Å². The van der Waals surface area contributed by atoms with Gasteiger partial charge in [-0.1, -0.05) is 30.3 Å². The Morgan fingerprint density at radius 3 is 2.47 bits per heavy atom. The standard InChI is InChI=1S/C29H25N5O4/c1-17-8-7-9-22(12-17)38-23-14-20(13-21(15-23)34(36)37)30-29(35)25-16-27(28-18(2)32-33(4)19(28)3)31-26-11-6-5-10-24(25)26/h5-16H,1-4H3,(H,30,35). The highest BCUT2D eigenvalue weighted by molar-refractivity contribution is 6.13. The average molecular weight is 508 g/mol. The highest BCUT2D eigenvalue weighted by Crippen LogP contribution is 2.32. The fourth-order valence-electron chi connectivity index (χ4n) is 4.47. The van der Waals surface area contributed by atoms with Gasteiger partial charge in [0.1, 0.15) is 11.5 Å². The molecule has 3 aromatic carbocycles. The number of non-ortho nitro benzene ring substituents is 1. The molecule has 0 saturated carbocycles. The first-order valence-electron chi connectivity index (χ1n) is 12.0. The third-order valence-electron chi connectivity index (χ3n) is 6.31. The number of benzene rings is 3. The Kier molecular flexibility index (Phi) is 6.34. The van der Waals surface area contributed by atoms with Crippen molar-refractivity contribution >= 4 is 28.2 Å². The van der Waals surface area contributed by atoms with Crippen molar-refractivity contribution < 1.29 is 14.5 Å². The van der Waals surface area contributed by atoms with Gasteiger partial charge in [0.25, 0.3) is 11.6 Å². The van der Waals surface area contributed by atoms with Crippen molar-refractivity contribution in [3.8, 4) is 22.8 Å². The predicted molar refractivity (Wildman–Crippen MR) is 146 cm³/mol. The lowest BCUT2D eigenvalue weighted by Gasteiger charge is -2.12. The van der Waals surface area contributed by atoms with Gasteiger partial charge in [0.05, 0.1) is 39.1 Å². The van der Waals surface area contributed by atoms with E-state index in [1.165, 1.54) is 12.1 Å². The second-order valence-electron chi connectivity index (χ2n) is 9.09. The smallest absolute Gasteiger partial charge is 0.275 e. The van der Waals surface area contributed by atoms with Crippen LogP contribution in [0, 0.1) is 30.9 Å². The second kappa shape index (κ2) is 9.78. The third kappa shape index (κ3) is 4.81. The van der Waals surface area contributed by atoms with Crippen LogP contribution in [-0.2, 0) is 7.05 Å². The summed E-state index contributed by atoms with van der Waals surface area (Å²) >= 11 is 0. The van der Waals surface area contributed by atoms with Crippen molar-refractivity contribution in [2.45, 2.75) is 20.8 Å². The van der Waals surface area contributed by atoms with E-state index in [0.29, 0.717) is 27.9 Å². The van der Waals surface area contributed by atoms with Crippen molar-refractivity contribution in [3.63, 3.8) is 0 Å². The lowest BCUT2D eigenvalue weighted by atomic mass is 10.0. The maximum absolute atomic E-state index is 13.6. The molecule has 0 fully saturated rings. The Hall–Kier alpha value is -5.05. The molecule has 0 unspecified atom stereocenters. The molecule has 0 aliphatic carbocycles. The quantitative estimate of drug-likeness (QED) is 0.207. The van der Waals surface area contributed by atoms with Gasteiger partial charge < -0.3 is 10.1 Å². The van der Waals surface area contributed by atoms with Gasteiger partial charge in [-0.25, -0.2) is 4.98 Å². The zero-order valence-corrected chi connectivity index (χ0v) is 21.4. The maximum atomic E-state index is 13.6. The fourth-order valence-corrected chi connectivity index (χ4v) is 4.47. The van der Waals surface area contributed by atoms with Crippen LogP contribution >= 0.6 is 0 Å². The Bertz CT molecular complexity index is 1720. The van der Waals surface area contributed by atoms with E-state index in [4.69, 9.17) is 9.72 Å². The number of anilines is 1. The van der Waals surface area contributed by atoms with Crippen LogP contribution in [0.5, 0.6) is 11.5 Å². The minimum absolute atomic E-state index is 0.202. The van der Waals surface area contributed by atoms with Crippen LogP contribution in [-0.4, -0.2) is 25.6 Å². The summed E-state index contributed by atoms with van der Waals surface area (Å²) < 4.78 is 7.66. The number of hydrogen-bond donors (Lipinski definition) is 1. The molecule has 0 saturated heterocycles. The molecule has 2 heterocycles. The lowest BCUT2D eigenvalue weighted by molar-refractivity contribution is -0.384. The van der Waals surface area contributed by atoms with Crippen LogP contribution < -0.4 is 10.1 Å². The molecule has 0 radical (unpaired) electrons. The highest BCUT2D eigenvalue weighted by atomic mass is 16.6. The van der Waals surface area contributed by atoms with Crippen molar-refractivity contribution in [2.24, 2.45) is 7.05 Å². The average Bonchev–Trinajstić information content (AvgIpc) is 3.13. The molecule has 2 aromatic heterocycles. The van der Waals surface area contributed by atoms with Gasteiger partial charge in [-0.2, -0.15) is 5.10 Å². The van der Waals surface area contributed by atoms with Gasteiger partial charge in [0, 0.05) is 35.8 Å². The van der Waals surface area contributed by atoms with E-state index >= 15 is 0 Å². The normalized spacial score (nSPS) is 10.9. The number of aromatic nitrogens is 3. The fraction of sp³-hybridized carbons (Fsp3) is 0.138. The molecule has 0 spiro atoms. The number of para-hydroxylation sites is 1. The molecule has 0 atom stereocenters. The Balaban J connectivity index is 1.55. The topological polar surface area (TPSA) is 112 Å². The number of rotatable bonds is 6. The third-order valence-corrected chi connectivity index (χ3v) is 6.31. The summed E-state index contributed by atoms with van der Waals surface area (Å²) in [6.45, 7) is 5.77. The first-order valence-corrected chi connectivity index (χ1v) is 12.0. The number of nitrogens with one attached hydrogen (secondary N) is 1. The molecule has 1 amide bonds. The minimum Gasteiger partial charge on any atom is -0.457 e. The number of nitro benzene ring substituents is 1. The molecule has 9 nitrogen and oxygen atoms in total. The Labute approximate surface area is 218 Å². The molecule has 9 heteroatoms. The van der Waals surface area contributed by atoms with E-state index < -0.39 is 10.8 Å². The Morgan fingerprint density at radius 2 is 1.76 bits per heavy atom. The van der Waals surface area contributed by atoms with E-state index in [-0.39, 0.29) is 17.1 Å². The molecule has 0 aliphatic rings. The summed E-state index contributed by atoms with van der Waals surface area (Å²) in [5, 5.41) is 19.6. The van der Waals surface area contributed by atoms with Crippen molar-refractivity contribution in [1.29, 1.82) is 0 Å². The number of fused-ring (bicyclic) bond motifs is 1. The van der Waals surface area contributed by atoms with Crippen LogP contribution in [0.3, 0.4) is 0 Å². The van der Waals surface area contributed by atoms with Gasteiger partial charge in [-0.05, 0) is 50.6 Å². The molecule has 5 rings (SSSR count). The molecule has 1 N–H and O–H groups in total. The predicted octanol–water partition coefficient (Wildman–Crippen LogP) is 6.51. The van der Waals surface area contributed by atoms with Gasteiger partial charge in [-0.15, -0.1) is 0 Å². The van der Waals surface area contributed by atoms with Crippen LogP contribution in [0.4, 0.5) is 11.4 Å². The van der Waals surface area contributed by atoms with Crippen molar-refractivity contribution in [1.82, 2.24) is 14.8 Å². The molecule has 0 bridgehead atoms. The van der Waals surface area contributed by atoms with Crippen molar-refractivity contribution in [3.05, 3.63) is 105 Å². The minimum atomic E-state index is -0.521. The first kappa shape index (κ1) is 24.6. The number of carbonyl (C=O) groups is 1. The number of hydrogen-bond acceptors (Lipinski definition) is 6. The van der Waals surface area contributed by atoms with E-state index in [1.54, 1.807) is 22.9 Å². The number of aryl methyl sites for hydroxylation is 3. The molecular weight excluding hydrogens is 482 g/mol. The number of ether oxygens (including phenoxy) is 1. The first-order chi connectivity index (χ1) is 18.2. The van der Waals surface area contributed by atoms with Crippen molar-refractivity contribution in [2.75, 3.05) is 5.32 Å². The highest BCUT2D eigenvalue weighted by Gasteiger charge is 2.20. The van der Waals surface area contributed by atoms with Crippen LogP contribution in [0.1, 0.15) is 27.3 Å². The summed E-state index contributed by atoms with van der Waals surface area (Å²) in [4.78, 5) is 29.5. The summed E-state index contributed by atoms with van der Waals surface area (Å²) in [7, 11) is 1.86. The van der Waals surface area contributed by atoms with E-state index in [9.17, 15) is 14.9 Å². The summed E-state index contributed by atoms with van der Waals surface area (Å²) in [5.41, 5.74) is 5.28. The monoisotopic (exact) mass is 507 g/mol. The number of carbonyl (C=O) groups excluding carboxylic acids is 1. The van der Waals surface area contributed by atoms with Gasteiger partial charge in [-0.3, -0.25) is 19.6 Å². The SMILES string of the molecule is Cc1cccc(Oc2cc(NC(=O)c3cc(-c4c(C)nn(C)c4C)nc4ccccc34)cc([N+](=O)[O-])c2)c1. The van der Waals surface area contributed by atoms with Gasteiger partial charge >= 0.3 is 0 Å². The van der Waals surface area contributed by atoms with E-state index in [0.717, 1.165) is 22.5 Å². The molecule has 0 aliphatic heterocycles.